The smallest absolute Gasteiger partial charge is 0.118 e. The molecule has 0 spiro atoms. The highest BCUT2D eigenvalue weighted by molar-refractivity contribution is 6.31. The van der Waals surface area contributed by atoms with E-state index in [1.807, 2.05) is 30.3 Å². The molecule has 0 radical (unpaired) electrons. The summed E-state index contributed by atoms with van der Waals surface area (Å²) in [5.74, 6) is 0.877. The maximum atomic E-state index is 6.25. The van der Waals surface area contributed by atoms with Gasteiger partial charge in [-0.2, -0.15) is 0 Å². The lowest BCUT2D eigenvalue weighted by atomic mass is 10.0. The minimum Gasteiger partial charge on any atom is -0.497 e. The molecule has 0 amide bonds. The van der Waals surface area contributed by atoms with Crippen molar-refractivity contribution in [1.29, 1.82) is 0 Å². The summed E-state index contributed by atoms with van der Waals surface area (Å²) < 4.78 is 5.15. The van der Waals surface area contributed by atoms with Gasteiger partial charge in [0.2, 0.25) is 0 Å². The Morgan fingerprint density at radius 1 is 1.14 bits per heavy atom. The van der Waals surface area contributed by atoms with Crippen molar-refractivity contribution >= 4 is 11.6 Å². The molecule has 0 atom stereocenters. The normalized spacial score (nSPS) is 10.4. The van der Waals surface area contributed by atoms with Crippen molar-refractivity contribution in [1.82, 2.24) is 5.32 Å². The molecule has 0 aliphatic carbocycles. The number of hydrogen-bond donors (Lipinski definition) is 1. The number of allylic oxidation sites excluding steroid dienone is 1. The predicted molar refractivity (Wildman–Crippen MR) is 88.9 cm³/mol. The van der Waals surface area contributed by atoms with Crippen molar-refractivity contribution in [2.24, 2.45) is 0 Å². The fourth-order valence-corrected chi connectivity index (χ4v) is 2.50. The van der Waals surface area contributed by atoms with E-state index in [4.69, 9.17) is 16.3 Å². The Hall–Kier alpha value is -1.77. The standard InChI is InChI=1S/C18H20ClNO/c1-3-5-17-15(6-4-7-18(17)19)13-20-12-14-8-10-16(21-2)11-9-14/h3-4,6-11,20H,1,5,12-13H2,2H3. The second kappa shape index (κ2) is 7.87. The van der Waals surface area contributed by atoms with Crippen LogP contribution in [0.5, 0.6) is 5.75 Å². The van der Waals surface area contributed by atoms with Crippen LogP contribution in [0.3, 0.4) is 0 Å². The van der Waals surface area contributed by atoms with Crippen LogP contribution in [0.1, 0.15) is 16.7 Å². The lowest BCUT2D eigenvalue weighted by Crippen LogP contribution is -2.14. The number of rotatable bonds is 7. The van der Waals surface area contributed by atoms with Gasteiger partial charge in [0.15, 0.2) is 0 Å². The summed E-state index contributed by atoms with van der Waals surface area (Å²) in [6.07, 6.45) is 2.67. The molecular formula is C18H20ClNO. The monoisotopic (exact) mass is 301 g/mol. The number of nitrogens with one attached hydrogen (secondary N) is 1. The molecule has 0 aliphatic rings. The van der Waals surface area contributed by atoms with Crippen LogP contribution in [-0.2, 0) is 19.5 Å². The van der Waals surface area contributed by atoms with Crippen LogP contribution >= 0.6 is 11.6 Å². The third kappa shape index (κ3) is 4.35. The Balaban J connectivity index is 1.96. The number of hydrogen-bond acceptors (Lipinski definition) is 2. The van der Waals surface area contributed by atoms with Crippen LogP contribution in [0.2, 0.25) is 5.02 Å². The van der Waals surface area contributed by atoms with E-state index in [0.717, 1.165) is 35.8 Å². The van der Waals surface area contributed by atoms with Crippen LogP contribution < -0.4 is 10.1 Å². The van der Waals surface area contributed by atoms with E-state index in [-0.39, 0.29) is 0 Å². The summed E-state index contributed by atoms with van der Waals surface area (Å²) in [5.41, 5.74) is 3.59. The van der Waals surface area contributed by atoms with E-state index in [1.54, 1.807) is 7.11 Å². The highest BCUT2D eigenvalue weighted by Crippen LogP contribution is 2.21. The van der Waals surface area contributed by atoms with Gasteiger partial charge in [0.05, 0.1) is 7.11 Å². The van der Waals surface area contributed by atoms with Crippen molar-refractivity contribution < 1.29 is 4.74 Å². The number of ether oxygens (including phenoxy) is 1. The van der Waals surface area contributed by atoms with E-state index in [9.17, 15) is 0 Å². The summed E-state index contributed by atoms with van der Waals surface area (Å²) in [7, 11) is 1.67. The Kier molecular flexibility index (Phi) is 5.85. The topological polar surface area (TPSA) is 21.3 Å². The van der Waals surface area contributed by atoms with Crippen LogP contribution in [0.4, 0.5) is 0 Å². The minimum atomic E-state index is 0.787. The van der Waals surface area contributed by atoms with Gasteiger partial charge >= 0.3 is 0 Å². The Bertz CT molecular complexity index is 593. The van der Waals surface area contributed by atoms with Crippen molar-refractivity contribution in [2.45, 2.75) is 19.5 Å². The minimum absolute atomic E-state index is 0.787. The average Bonchev–Trinajstić information content (AvgIpc) is 2.51. The Labute approximate surface area is 131 Å². The van der Waals surface area contributed by atoms with E-state index in [0.29, 0.717) is 0 Å². The number of methoxy groups -OCH3 is 1. The first-order chi connectivity index (χ1) is 10.2. The molecule has 3 heteroatoms. The summed E-state index contributed by atoms with van der Waals surface area (Å²) in [4.78, 5) is 0. The molecule has 0 bridgehead atoms. The Morgan fingerprint density at radius 2 is 1.90 bits per heavy atom. The molecule has 0 aliphatic heterocycles. The van der Waals surface area contributed by atoms with Gasteiger partial charge in [-0.25, -0.2) is 0 Å². The molecule has 2 aromatic rings. The van der Waals surface area contributed by atoms with E-state index in [2.05, 4.69) is 30.1 Å². The molecule has 21 heavy (non-hydrogen) atoms. The molecular weight excluding hydrogens is 282 g/mol. The van der Waals surface area contributed by atoms with Crippen LogP contribution in [0, 0.1) is 0 Å². The van der Waals surface area contributed by atoms with Crippen molar-refractivity contribution in [3.8, 4) is 5.75 Å². The van der Waals surface area contributed by atoms with Gasteiger partial charge in [-0.15, -0.1) is 6.58 Å². The molecule has 110 valence electrons. The van der Waals surface area contributed by atoms with Gasteiger partial charge in [-0.1, -0.05) is 41.9 Å². The highest BCUT2D eigenvalue weighted by atomic mass is 35.5. The number of halogens is 1. The first-order valence-electron chi connectivity index (χ1n) is 6.95. The van der Waals surface area contributed by atoms with E-state index < -0.39 is 0 Å². The fraction of sp³-hybridized carbons (Fsp3) is 0.222. The maximum absolute atomic E-state index is 6.25. The highest BCUT2D eigenvalue weighted by Gasteiger charge is 2.05. The van der Waals surface area contributed by atoms with Crippen molar-refractivity contribution in [2.75, 3.05) is 7.11 Å². The molecule has 0 unspecified atom stereocenters. The summed E-state index contributed by atoms with van der Waals surface area (Å²) in [6, 6.07) is 14.1. The molecule has 0 saturated heterocycles. The lowest BCUT2D eigenvalue weighted by molar-refractivity contribution is 0.414. The first kappa shape index (κ1) is 15.6. The summed E-state index contributed by atoms with van der Waals surface area (Å²) >= 11 is 6.25. The molecule has 2 nitrogen and oxygen atoms in total. The number of benzene rings is 2. The molecule has 0 heterocycles. The molecule has 2 rings (SSSR count). The van der Waals surface area contributed by atoms with Crippen LogP contribution in [0.25, 0.3) is 0 Å². The second-order valence-electron chi connectivity index (χ2n) is 4.82. The van der Waals surface area contributed by atoms with Gasteiger partial charge < -0.3 is 10.1 Å². The van der Waals surface area contributed by atoms with Crippen molar-refractivity contribution in [3.05, 3.63) is 76.8 Å². The zero-order chi connectivity index (χ0) is 15.1. The van der Waals surface area contributed by atoms with E-state index in [1.165, 1.54) is 11.1 Å². The van der Waals surface area contributed by atoms with Gasteiger partial charge in [0, 0.05) is 18.1 Å². The second-order valence-corrected chi connectivity index (χ2v) is 5.23. The van der Waals surface area contributed by atoms with Gasteiger partial charge in [0.1, 0.15) is 5.75 Å². The van der Waals surface area contributed by atoms with Crippen molar-refractivity contribution in [3.63, 3.8) is 0 Å². The Morgan fingerprint density at radius 3 is 2.57 bits per heavy atom. The predicted octanol–water partition coefficient (Wildman–Crippen LogP) is 4.37. The molecule has 1 N–H and O–H groups in total. The van der Waals surface area contributed by atoms with Gasteiger partial charge in [0.25, 0.3) is 0 Å². The molecule has 0 aromatic heterocycles. The third-order valence-electron chi connectivity index (χ3n) is 3.37. The van der Waals surface area contributed by atoms with Gasteiger partial charge in [-0.05, 0) is 41.3 Å². The van der Waals surface area contributed by atoms with Crippen LogP contribution in [-0.4, -0.2) is 7.11 Å². The van der Waals surface area contributed by atoms with Gasteiger partial charge in [-0.3, -0.25) is 0 Å². The summed E-state index contributed by atoms with van der Waals surface area (Å²) in [6.45, 7) is 5.39. The van der Waals surface area contributed by atoms with Crippen LogP contribution in [0.15, 0.2) is 55.1 Å². The zero-order valence-corrected chi connectivity index (χ0v) is 13.0. The zero-order valence-electron chi connectivity index (χ0n) is 12.2. The first-order valence-corrected chi connectivity index (χ1v) is 7.33. The third-order valence-corrected chi connectivity index (χ3v) is 3.72. The fourth-order valence-electron chi connectivity index (χ4n) is 2.23. The SMILES string of the molecule is C=CCc1c(Cl)cccc1CNCc1ccc(OC)cc1. The molecule has 2 aromatic carbocycles. The summed E-state index contributed by atoms with van der Waals surface area (Å²) in [5, 5.41) is 4.25. The molecule has 0 saturated carbocycles. The largest absolute Gasteiger partial charge is 0.497 e. The maximum Gasteiger partial charge on any atom is 0.118 e. The van der Waals surface area contributed by atoms with E-state index >= 15 is 0 Å². The lowest BCUT2D eigenvalue weighted by Gasteiger charge is -2.11. The quantitative estimate of drug-likeness (QED) is 0.767. The average molecular weight is 302 g/mol. The molecule has 0 fully saturated rings.